The number of benzene rings is 1. The number of hydrogen-bond acceptors (Lipinski definition) is 3. The lowest BCUT2D eigenvalue weighted by Gasteiger charge is -2.08. The van der Waals surface area contributed by atoms with Gasteiger partial charge < -0.3 is 15.6 Å². The highest BCUT2D eigenvalue weighted by Gasteiger charge is 2.09. The third kappa shape index (κ3) is 3.34. The zero-order valence-electron chi connectivity index (χ0n) is 11.0. The smallest absolute Gasteiger partial charge is 0.239 e. The van der Waals surface area contributed by atoms with Crippen molar-refractivity contribution in [3.63, 3.8) is 0 Å². The summed E-state index contributed by atoms with van der Waals surface area (Å²) >= 11 is 0. The molecule has 3 N–H and O–H groups in total. The van der Waals surface area contributed by atoms with Gasteiger partial charge in [0.25, 0.3) is 0 Å². The molecule has 0 radical (unpaired) electrons. The molecule has 1 aromatic heterocycles. The van der Waals surface area contributed by atoms with Gasteiger partial charge in [0.2, 0.25) is 5.91 Å². The van der Waals surface area contributed by atoms with Crippen LogP contribution in [-0.4, -0.2) is 22.0 Å². The van der Waals surface area contributed by atoms with Crippen LogP contribution in [0.15, 0.2) is 36.7 Å². The van der Waals surface area contributed by atoms with E-state index in [-0.39, 0.29) is 12.5 Å². The van der Waals surface area contributed by atoms with Crippen molar-refractivity contribution >= 4 is 11.6 Å². The van der Waals surface area contributed by atoms with Crippen LogP contribution in [0.1, 0.15) is 13.3 Å². The largest absolute Gasteiger partial charge is 0.399 e. The van der Waals surface area contributed by atoms with Crippen molar-refractivity contribution in [3.8, 4) is 11.4 Å². The van der Waals surface area contributed by atoms with Gasteiger partial charge in [-0.05, 0) is 18.6 Å². The quantitative estimate of drug-likeness (QED) is 0.801. The molecule has 0 saturated carbocycles. The Bertz CT molecular complexity index is 562. The summed E-state index contributed by atoms with van der Waals surface area (Å²) in [5, 5.41) is 2.85. The van der Waals surface area contributed by atoms with Crippen LogP contribution in [0, 0.1) is 0 Å². The Hall–Kier alpha value is -2.30. The van der Waals surface area contributed by atoms with E-state index < -0.39 is 0 Å². The number of nitrogens with two attached hydrogens (primary N) is 1. The Morgan fingerprint density at radius 2 is 2.32 bits per heavy atom. The molecule has 0 aliphatic carbocycles. The molecule has 5 nitrogen and oxygen atoms in total. The monoisotopic (exact) mass is 258 g/mol. The summed E-state index contributed by atoms with van der Waals surface area (Å²) in [5.74, 6) is 0.740. The van der Waals surface area contributed by atoms with Crippen LogP contribution in [0.5, 0.6) is 0 Å². The number of nitrogens with one attached hydrogen (secondary N) is 1. The Labute approximate surface area is 112 Å². The number of carbonyl (C=O) groups excluding carboxylic acids is 1. The van der Waals surface area contributed by atoms with Gasteiger partial charge in [0.05, 0.1) is 0 Å². The van der Waals surface area contributed by atoms with Gasteiger partial charge in [0.15, 0.2) is 0 Å². The van der Waals surface area contributed by atoms with Crippen molar-refractivity contribution in [2.24, 2.45) is 0 Å². The molecule has 1 aromatic carbocycles. The lowest BCUT2D eigenvalue weighted by atomic mass is 10.2. The molecule has 0 atom stereocenters. The van der Waals surface area contributed by atoms with Gasteiger partial charge in [0.1, 0.15) is 12.4 Å². The molecule has 0 bridgehead atoms. The predicted octanol–water partition coefficient (Wildman–Crippen LogP) is 1.66. The minimum atomic E-state index is -0.00926. The number of nitrogen functional groups attached to an aromatic ring is 1. The average Bonchev–Trinajstić information content (AvgIpc) is 2.84. The number of carbonyl (C=O) groups is 1. The van der Waals surface area contributed by atoms with Gasteiger partial charge in [-0.25, -0.2) is 4.98 Å². The van der Waals surface area contributed by atoms with E-state index in [1.54, 1.807) is 12.4 Å². The number of rotatable bonds is 5. The molecule has 0 unspecified atom stereocenters. The van der Waals surface area contributed by atoms with E-state index in [1.165, 1.54) is 0 Å². The topological polar surface area (TPSA) is 72.9 Å². The van der Waals surface area contributed by atoms with E-state index >= 15 is 0 Å². The number of imidazole rings is 1. The van der Waals surface area contributed by atoms with Gasteiger partial charge in [-0.15, -0.1) is 0 Å². The molecule has 0 spiro atoms. The third-order valence-corrected chi connectivity index (χ3v) is 2.75. The summed E-state index contributed by atoms with van der Waals surface area (Å²) in [6.45, 7) is 2.99. The van der Waals surface area contributed by atoms with Crippen molar-refractivity contribution < 1.29 is 4.79 Å². The summed E-state index contributed by atoms with van der Waals surface area (Å²) < 4.78 is 1.82. The zero-order valence-corrected chi connectivity index (χ0v) is 11.0. The van der Waals surface area contributed by atoms with E-state index in [9.17, 15) is 4.79 Å². The van der Waals surface area contributed by atoms with E-state index in [1.807, 2.05) is 35.8 Å². The van der Waals surface area contributed by atoms with Crippen LogP contribution in [0.2, 0.25) is 0 Å². The maximum Gasteiger partial charge on any atom is 0.239 e. The van der Waals surface area contributed by atoms with E-state index in [0.29, 0.717) is 12.2 Å². The second-order valence-electron chi connectivity index (χ2n) is 4.35. The molecular formula is C14H18N4O. The molecule has 100 valence electrons. The minimum Gasteiger partial charge on any atom is -0.399 e. The molecule has 1 amide bonds. The van der Waals surface area contributed by atoms with Crippen LogP contribution in [0.25, 0.3) is 11.4 Å². The van der Waals surface area contributed by atoms with Crippen molar-refractivity contribution in [2.45, 2.75) is 19.9 Å². The Balaban J connectivity index is 2.16. The summed E-state index contributed by atoms with van der Waals surface area (Å²) in [6.07, 6.45) is 4.41. The maximum atomic E-state index is 11.7. The maximum absolute atomic E-state index is 11.7. The fourth-order valence-corrected chi connectivity index (χ4v) is 1.85. The molecule has 0 saturated heterocycles. The first-order valence-electron chi connectivity index (χ1n) is 6.34. The zero-order chi connectivity index (χ0) is 13.7. The molecule has 19 heavy (non-hydrogen) atoms. The highest BCUT2D eigenvalue weighted by atomic mass is 16.1. The van der Waals surface area contributed by atoms with E-state index in [4.69, 9.17) is 5.73 Å². The summed E-state index contributed by atoms with van der Waals surface area (Å²) in [5.41, 5.74) is 7.36. The first-order valence-corrected chi connectivity index (χ1v) is 6.34. The lowest BCUT2D eigenvalue weighted by Crippen LogP contribution is -2.28. The number of hydrogen-bond donors (Lipinski definition) is 2. The van der Waals surface area contributed by atoms with Gasteiger partial charge in [-0.1, -0.05) is 19.1 Å². The fourth-order valence-electron chi connectivity index (χ4n) is 1.85. The summed E-state index contributed by atoms with van der Waals surface area (Å²) in [7, 11) is 0. The Morgan fingerprint density at radius 1 is 1.47 bits per heavy atom. The second-order valence-corrected chi connectivity index (χ2v) is 4.35. The van der Waals surface area contributed by atoms with Crippen LogP contribution in [-0.2, 0) is 11.3 Å². The molecular weight excluding hydrogens is 240 g/mol. The number of amides is 1. The van der Waals surface area contributed by atoms with Crippen molar-refractivity contribution in [1.29, 1.82) is 0 Å². The van der Waals surface area contributed by atoms with E-state index in [0.717, 1.165) is 17.8 Å². The number of aromatic nitrogens is 2. The normalized spacial score (nSPS) is 10.4. The Kier molecular flexibility index (Phi) is 4.18. The van der Waals surface area contributed by atoms with Crippen molar-refractivity contribution in [1.82, 2.24) is 14.9 Å². The van der Waals surface area contributed by atoms with Gasteiger partial charge in [-0.3, -0.25) is 4.79 Å². The minimum absolute atomic E-state index is 0.00926. The van der Waals surface area contributed by atoms with Gasteiger partial charge in [0, 0.05) is 30.2 Å². The number of anilines is 1. The van der Waals surface area contributed by atoms with Crippen LogP contribution >= 0.6 is 0 Å². The Morgan fingerprint density at radius 3 is 3.05 bits per heavy atom. The first kappa shape index (κ1) is 13.1. The highest BCUT2D eigenvalue weighted by Crippen LogP contribution is 2.19. The molecule has 1 heterocycles. The standard InChI is InChI=1S/C14H18N4O/c1-2-6-16-13(19)10-18-8-7-17-14(18)11-4-3-5-12(15)9-11/h3-5,7-9H,2,6,10,15H2,1H3,(H,16,19). The molecule has 0 aliphatic heterocycles. The van der Waals surface area contributed by atoms with Crippen molar-refractivity contribution in [3.05, 3.63) is 36.7 Å². The molecule has 0 aliphatic rings. The highest BCUT2D eigenvalue weighted by molar-refractivity contribution is 5.76. The van der Waals surface area contributed by atoms with Crippen LogP contribution in [0.3, 0.4) is 0 Å². The lowest BCUT2D eigenvalue weighted by molar-refractivity contribution is -0.121. The first-order chi connectivity index (χ1) is 9.20. The summed E-state index contributed by atoms with van der Waals surface area (Å²) in [4.78, 5) is 16.0. The number of nitrogens with zero attached hydrogens (tertiary/aromatic N) is 2. The van der Waals surface area contributed by atoms with E-state index in [2.05, 4.69) is 10.3 Å². The SMILES string of the molecule is CCCNC(=O)Cn1ccnc1-c1cccc(N)c1. The van der Waals surface area contributed by atoms with Gasteiger partial charge in [-0.2, -0.15) is 0 Å². The molecule has 0 fully saturated rings. The molecule has 2 aromatic rings. The molecule has 2 rings (SSSR count). The third-order valence-electron chi connectivity index (χ3n) is 2.75. The second kappa shape index (κ2) is 6.04. The summed E-state index contributed by atoms with van der Waals surface area (Å²) in [6, 6.07) is 7.48. The average molecular weight is 258 g/mol. The van der Waals surface area contributed by atoms with Crippen LogP contribution in [0.4, 0.5) is 5.69 Å². The van der Waals surface area contributed by atoms with Crippen molar-refractivity contribution in [2.75, 3.05) is 12.3 Å². The molecule has 5 heteroatoms. The van der Waals surface area contributed by atoms with Crippen LogP contribution < -0.4 is 11.1 Å². The predicted molar refractivity (Wildman–Crippen MR) is 75.4 cm³/mol. The fraction of sp³-hybridized carbons (Fsp3) is 0.286. The van der Waals surface area contributed by atoms with Gasteiger partial charge >= 0.3 is 0 Å².